The summed E-state index contributed by atoms with van der Waals surface area (Å²) in [7, 11) is 2.81. The molecule has 0 fully saturated rings. The first-order chi connectivity index (χ1) is 7.65. The molecule has 0 aliphatic rings. The van der Waals surface area contributed by atoms with Gasteiger partial charge in [0.15, 0.2) is 11.5 Å². The molecule has 16 heavy (non-hydrogen) atoms. The molecule has 0 radical (unpaired) electrons. The van der Waals surface area contributed by atoms with E-state index in [2.05, 4.69) is 15.9 Å². The smallest absolute Gasteiger partial charge is 0.208 e. The topological polar surface area (TPSA) is 38.7 Å². The first-order valence-corrected chi connectivity index (χ1v) is 5.64. The van der Waals surface area contributed by atoms with Crippen molar-refractivity contribution in [3.8, 4) is 11.5 Å². The van der Waals surface area contributed by atoms with Crippen LogP contribution in [0.1, 0.15) is 12.0 Å². The standard InChI is InChI=1S/C11H14BrFO3/c1-15-10-7(4-3-5-14)6-8(12)11(16-2)9(10)13/h6,14H,3-5H2,1-2H3. The fourth-order valence-corrected chi connectivity index (χ4v) is 2.11. The van der Waals surface area contributed by atoms with Gasteiger partial charge in [0, 0.05) is 6.61 Å². The lowest BCUT2D eigenvalue weighted by Gasteiger charge is -2.13. The van der Waals surface area contributed by atoms with E-state index in [1.165, 1.54) is 14.2 Å². The number of aliphatic hydroxyl groups excluding tert-OH is 1. The number of rotatable bonds is 5. The third-order valence-corrected chi connectivity index (χ3v) is 2.81. The molecular weight excluding hydrogens is 279 g/mol. The van der Waals surface area contributed by atoms with E-state index in [1.807, 2.05) is 0 Å². The Bertz CT molecular complexity index is 369. The van der Waals surface area contributed by atoms with Crippen LogP contribution in [-0.4, -0.2) is 25.9 Å². The maximum absolute atomic E-state index is 13.9. The summed E-state index contributed by atoms with van der Waals surface area (Å²) in [5, 5.41) is 8.76. The molecule has 1 N–H and O–H groups in total. The molecule has 90 valence electrons. The van der Waals surface area contributed by atoms with Crippen LogP contribution in [0.15, 0.2) is 10.5 Å². The molecule has 0 unspecified atom stereocenters. The van der Waals surface area contributed by atoms with E-state index in [4.69, 9.17) is 14.6 Å². The normalized spacial score (nSPS) is 10.3. The zero-order valence-corrected chi connectivity index (χ0v) is 10.8. The molecule has 0 atom stereocenters. The first-order valence-electron chi connectivity index (χ1n) is 4.85. The van der Waals surface area contributed by atoms with Crippen LogP contribution in [0.3, 0.4) is 0 Å². The van der Waals surface area contributed by atoms with Crippen molar-refractivity contribution in [2.75, 3.05) is 20.8 Å². The zero-order valence-electron chi connectivity index (χ0n) is 9.22. The van der Waals surface area contributed by atoms with E-state index < -0.39 is 5.82 Å². The van der Waals surface area contributed by atoms with Gasteiger partial charge in [-0.15, -0.1) is 0 Å². The van der Waals surface area contributed by atoms with Crippen LogP contribution < -0.4 is 9.47 Å². The minimum Gasteiger partial charge on any atom is -0.493 e. The Morgan fingerprint density at radius 2 is 1.94 bits per heavy atom. The quantitative estimate of drug-likeness (QED) is 0.906. The highest BCUT2D eigenvalue weighted by Crippen LogP contribution is 2.37. The molecule has 1 rings (SSSR count). The molecular formula is C11H14BrFO3. The van der Waals surface area contributed by atoms with E-state index in [1.54, 1.807) is 6.07 Å². The maximum Gasteiger partial charge on any atom is 0.208 e. The van der Waals surface area contributed by atoms with Crippen molar-refractivity contribution >= 4 is 15.9 Å². The van der Waals surface area contributed by atoms with E-state index >= 15 is 0 Å². The van der Waals surface area contributed by atoms with Gasteiger partial charge in [-0.3, -0.25) is 0 Å². The number of ether oxygens (including phenoxy) is 2. The molecule has 0 aliphatic heterocycles. The highest BCUT2D eigenvalue weighted by molar-refractivity contribution is 9.10. The van der Waals surface area contributed by atoms with E-state index in [0.717, 1.165) is 0 Å². The summed E-state index contributed by atoms with van der Waals surface area (Å²) in [5.41, 5.74) is 0.710. The molecule has 0 bridgehead atoms. The first kappa shape index (κ1) is 13.3. The second kappa shape index (κ2) is 6.06. The summed E-state index contributed by atoms with van der Waals surface area (Å²) >= 11 is 3.23. The second-order valence-corrected chi connectivity index (χ2v) is 4.08. The minimum absolute atomic E-state index is 0.0639. The van der Waals surface area contributed by atoms with E-state index in [-0.39, 0.29) is 18.1 Å². The predicted octanol–water partition coefficient (Wildman–Crippen LogP) is 2.53. The number of hydrogen-bond donors (Lipinski definition) is 1. The summed E-state index contributed by atoms with van der Waals surface area (Å²) in [6.45, 7) is 0.0639. The van der Waals surface area contributed by atoms with Crippen LogP contribution in [0, 0.1) is 5.82 Å². The summed E-state index contributed by atoms with van der Waals surface area (Å²) in [6, 6.07) is 1.75. The average Bonchev–Trinajstić information content (AvgIpc) is 2.26. The Kier molecular flexibility index (Phi) is 5.02. The molecule has 0 saturated heterocycles. The average molecular weight is 293 g/mol. The zero-order chi connectivity index (χ0) is 12.1. The molecule has 3 nitrogen and oxygen atoms in total. The number of methoxy groups -OCH3 is 2. The Labute approximate surface area is 102 Å². The van der Waals surface area contributed by atoms with Crippen molar-refractivity contribution in [1.82, 2.24) is 0 Å². The number of aliphatic hydroxyl groups is 1. The number of hydrogen-bond acceptors (Lipinski definition) is 3. The van der Waals surface area contributed by atoms with Gasteiger partial charge in [-0.1, -0.05) is 0 Å². The second-order valence-electron chi connectivity index (χ2n) is 3.23. The van der Waals surface area contributed by atoms with Gasteiger partial charge in [-0.2, -0.15) is 4.39 Å². The molecule has 0 amide bonds. The lowest BCUT2D eigenvalue weighted by molar-refractivity contribution is 0.287. The van der Waals surface area contributed by atoms with E-state index in [9.17, 15) is 4.39 Å². The fraction of sp³-hybridized carbons (Fsp3) is 0.455. The molecule has 0 spiro atoms. The number of aryl methyl sites for hydroxylation is 1. The van der Waals surface area contributed by atoms with Crippen LogP contribution in [0.2, 0.25) is 0 Å². The van der Waals surface area contributed by atoms with Gasteiger partial charge >= 0.3 is 0 Å². The monoisotopic (exact) mass is 292 g/mol. The van der Waals surface area contributed by atoms with Crippen molar-refractivity contribution in [2.24, 2.45) is 0 Å². The lowest BCUT2D eigenvalue weighted by Crippen LogP contribution is -2.00. The SMILES string of the molecule is COc1c(Br)cc(CCCO)c(OC)c1F. The van der Waals surface area contributed by atoms with E-state index in [0.29, 0.717) is 22.9 Å². The Morgan fingerprint density at radius 1 is 1.31 bits per heavy atom. The van der Waals surface area contributed by atoms with Gasteiger partial charge in [0.1, 0.15) is 0 Å². The fourth-order valence-electron chi connectivity index (χ4n) is 1.50. The molecule has 5 heteroatoms. The third kappa shape index (κ3) is 2.65. The summed E-state index contributed by atoms with van der Waals surface area (Å²) in [5.74, 6) is -0.217. The predicted molar refractivity (Wildman–Crippen MR) is 62.6 cm³/mol. The molecule has 0 heterocycles. The van der Waals surface area contributed by atoms with Crippen LogP contribution in [-0.2, 0) is 6.42 Å². The van der Waals surface area contributed by atoms with Gasteiger partial charge in [-0.05, 0) is 40.4 Å². The van der Waals surface area contributed by atoms with Crippen molar-refractivity contribution in [1.29, 1.82) is 0 Å². The highest BCUT2D eigenvalue weighted by atomic mass is 79.9. The van der Waals surface area contributed by atoms with Gasteiger partial charge in [0.25, 0.3) is 0 Å². The van der Waals surface area contributed by atoms with Crippen LogP contribution >= 0.6 is 15.9 Å². The van der Waals surface area contributed by atoms with Crippen LogP contribution in [0.4, 0.5) is 4.39 Å². The molecule has 0 aliphatic carbocycles. The highest BCUT2D eigenvalue weighted by Gasteiger charge is 2.18. The van der Waals surface area contributed by atoms with Crippen molar-refractivity contribution < 1.29 is 19.0 Å². The third-order valence-electron chi connectivity index (χ3n) is 2.22. The van der Waals surface area contributed by atoms with Crippen LogP contribution in [0.5, 0.6) is 11.5 Å². The maximum atomic E-state index is 13.9. The summed E-state index contributed by atoms with van der Waals surface area (Å²) in [6.07, 6.45) is 1.12. The number of halogens is 2. The molecule has 0 saturated carbocycles. The van der Waals surface area contributed by atoms with Crippen LogP contribution in [0.25, 0.3) is 0 Å². The summed E-state index contributed by atoms with van der Waals surface area (Å²) in [4.78, 5) is 0. The van der Waals surface area contributed by atoms with Crippen molar-refractivity contribution in [3.63, 3.8) is 0 Å². The Morgan fingerprint density at radius 3 is 2.44 bits per heavy atom. The van der Waals surface area contributed by atoms with Crippen molar-refractivity contribution in [3.05, 3.63) is 21.9 Å². The Balaban J connectivity index is 3.18. The molecule has 0 aromatic heterocycles. The van der Waals surface area contributed by atoms with Gasteiger partial charge in [-0.25, -0.2) is 0 Å². The van der Waals surface area contributed by atoms with Gasteiger partial charge < -0.3 is 14.6 Å². The minimum atomic E-state index is -0.521. The largest absolute Gasteiger partial charge is 0.493 e. The lowest BCUT2D eigenvalue weighted by atomic mass is 10.1. The van der Waals surface area contributed by atoms with Gasteiger partial charge in [0.2, 0.25) is 5.82 Å². The summed E-state index contributed by atoms with van der Waals surface area (Å²) < 4.78 is 24.4. The van der Waals surface area contributed by atoms with Crippen molar-refractivity contribution in [2.45, 2.75) is 12.8 Å². The Hall–Kier alpha value is -0.810. The number of benzene rings is 1. The molecule has 1 aromatic carbocycles. The molecule has 1 aromatic rings. The van der Waals surface area contributed by atoms with Gasteiger partial charge in [0.05, 0.1) is 18.7 Å².